The predicted octanol–water partition coefficient (Wildman–Crippen LogP) is 6.52. The third-order valence-electron chi connectivity index (χ3n) is 6.43. The van der Waals surface area contributed by atoms with Crippen molar-refractivity contribution in [2.75, 3.05) is 0 Å². The van der Waals surface area contributed by atoms with Crippen molar-refractivity contribution in [1.29, 1.82) is 0 Å². The van der Waals surface area contributed by atoms with Gasteiger partial charge in [0.2, 0.25) is 0 Å². The molecule has 144 valence electrons. The molecule has 1 N–H and O–H groups in total. The molecule has 0 aliphatic heterocycles. The van der Waals surface area contributed by atoms with Crippen molar-refractivity contribution >= 4 is 0 Å². The van der Waals surface area contributed by atoms with E-state index in [0.717, 1.165) is 5.56 Å². The van der Waals surface area contributed by atoms with E-state index >= 15 is 0 Å². The first-order chi connectivity index (χ1) is 14.3. The number of allylic oxidation sites excluding steroid dienone is 3. The summed E-state index contributed by atoms with van der Waals surface area (Å²) >= 11 is 0. The van der Waals surface area contributed by atoms with Crippen molar-refractivity contribution in [3.05, 3.63) is 130 Å². The fourth-order valence-corrected chi connectivity index (χ4v) is 5.06. The van der Waals surface area contributed by atoms with E-state index in [4.69, 9.17) is 0 Å². The van der Waals surface area contributed by atoms with Crippen LogP contribution in [0.25, 0.3) is 0 Å². The molecular weight excluding hydrogens is 352 g/mol. The largest absolute Gasteiger partial charge is 0.384 e. The Morgan fingerprint density at radius 1 is 0.690 bits per heavy atom. The maximum atomic E-state index is 11.0. The molecule has 3 aromatic rings. The zero-order valence-corrected chi connectivity index (χ0v) is 16.6. The molecule has 0 aromatic heterocycles. The molecule has 2 saturated carbocycles. The molecule has 0 heterocycles. The van der Waals surface area contributed by atoms with Crippen LogP contribution in [-0.4, -0.2) is 5.11 Å². The van der Waals surface area contributed by atoms with Crippen molar-refractivity contribution in [2.24, 2.45) is 0 Å². The van der Waals surface area contributed by atoms with E-state index < -0.39 is 6.10 Å². The van der Waals surface area contributed by atoms with Gasteiger partial charge < -0.3 is 5.11 Å². The fourth-order valence-electron chi connectivity index (χ4n) is 5.06. The van der Waals surface area contributed by atoms with E-state index in [1.165, 1.54) is 48.0 Å². The fraction of sp³-hybridized carbons (Fsp3) is 0.214. The first kappa shape index (κ1) is 18.1. The van der Waals surface area contributed by atoms with Gasteiger partial charge in [0.1, 0.15) is 0 Å². The number of aliphatic hydroxyl groups excluding tert-OH is 1. The monoisotopic (exact) mass is 378 g/mol. The van der Waals surface area contributed by atoms with Crippen molar-refractivity contribution in [1.82, 2.24) is 0 Å². The maximum Gasteiger partial charge on any atom is 0.0978 e. The summed E-state index contributed by atoms with van der Waals surface area (Å²) in [5.41, 5.74) is 7.62. The molecule has 2 fully saturated rings. The van der Waals surface area contributed by atoms with Gasteiger partial charge in [0.15, 0.2) is 0 Å². The number of benzene rings is 3. The number of rotatable bonds is 4. The minimum atomic E-state index is -0.600. The van der Waals surface area contributed by atoms with Crippen LogP contribution in [0, 0.1) is 0 Å². The molecule has 2 aliphatic rings. The van der Waals surface area contributed by atoms with Gasteiger partial charge in [-0.2, -0.15) is 0 Å². The van der Waals surface area contributed by atoms with Crippen LogP contribution in [0.5, 0.6) is 0 Å². The number of hydrogen-bond acceptors (Lipinski definition) is 1. The Morgan fingerprint density at radius 2 is 1.17 bits per heavy atom. The molecule has 3 aromatic carbocycles. The van der Waals surface area contributed by atoms with Crippen LogP contribution in [0.3, 0.4) is 0 Å². The number of hydrogen-bond donors (Lipinski definition) is 1. The summed E-state index contributed by atoms with van der Waals surface area (Å²) in [5, 5.41) is 11.0. The Morgan fingerprint density at radius 3 is 1.69 bits per heavy atom. The highest BCUT2D eigenvalue weighted by Gasteiger charge is 2.58. The summed E-state index contributed by atoms with van der Waals surface area (Å²) in [6.07, 6.45) is 6.39. The molecule has 1 heteroatoms. The average Bonchev–Trinajstić information content (AvgIpc) is 3.14. The third-order valence-corrected chi connectivity index (χ3v) is 6.43. The van der Waals surface area contributed by atoms with E-state index in [0.29, 0.717) is 0 Å². The average molecular weight is 379 g/mol. The lowest BCUT2D eigenvalue weighted by Gasteiger charge is -2.17. The van der Waals surface area contributed by atoms with Crippen molar-refractivity contribution in [2.45, 2.75) is 37.2 Å². The molecular formula is C28H26O. The summed E-state index contributed by atoms with van der Waals surface area (Å²) in [6.45, 7) is 0. The van der Waals surface area contributed by atoms with Crippen molar-refractivity contribution in [3.63, 3.8) is 0 Å². The van der Waals surface area contributed by atoms with Gasteiger partial charge in [-0.05, 0) is 59.6 Å². The number of aliphatic hydroxyl groups is 1. The van der Waals surface area contributed by atoms with Gasteiger partial charge in [-0.15, -0.1) is 0 Å². The summed E-state index contributed by atoms with van der Waals surface area (Å²) in [4.78, 5) is 0. The highest BCUT2D eigenvalue weighted by Crippen LogP contribution is 2.66. The minimum Gasteiger partial charge on any atom is -0.384 e. The zero-order chi connectivity index (χ0) is 19.7. The minimum absolute atomic E-state index is 0.224. The van der Waals surface area contributed by atoms with E-state index in [1.807, 2.05) is 30.3 Å². The van der Waals surface area contributed by atoms with Crippen LogP contribution < -0.4 is 0 Å². The van der Waals surface area contributed by atoms with Gasteiger partial charge in [-0.1, -0.05) is 96.6 Å². The standard InChI is InChI=1S/C28H26O/c29-26(21-12-4-1-5-13-21)20-25-27(22-14-10-11-15-22)28(25,23-16-6-2-7-17-23)24-18-8-3-9-19-24/h1-9,12-13,16-20,26,29H,10-11,14-15H2/b25-20-. The van der Waals surface area contributed by atoms with Gasteiger partial charge in [0.25, 0.3) is 0 Å². The second-order valence-electron chi connectivity index (χ2n) is 8.10. The SMILES string of the molecule is OC(/C=C1/C(=C2CCCC2)C1(c1ccccc1)c1ccccc1)c1ccccc1. The maximum absolute atomic E-state index is 11.0. The van der Waals surface area contributed by atoms with E-state index in [9.17, 15) is 5.11 Å². The third kappa shape index (κ3) is 3.07. The highest BCUT2D eigenvalue weighted by molar-refractivity contribution is 5.81. The predicted molar refractivity (Wildman–Crippen MR) is 119 cm³/mol. The smallest absolute Gasteiger partial charge is 0.0978 e. The van der Waals surface area contributed by atoms with Gasteiger partial charge >= 0.3 is 0 Å². The van der Waals surface area contributed by atoms with Crippen molar-refractivity contribution in [3.8, 4) is 0 Å². The summed E-state index contributed by atoms with van der Waals surface area (Å²) in [6, 6.07) is 31.6. The Balaban J connectivity index is 1.72. The Bertz CT molecular complexity index is 998. The van der Waals surface area contributed by atoms with Gasteiger partial charge in [0, 0.05) is 0 Å². The van der Waals surface area contributed by atoms with E-state index in [1.54, 1.807) is 5.57 Å². The lowest BCUT2D eigenvalue weighted by atomic mass is 9.85. The Hall–Kier alpha value is -2.90. The second-order valence-corrected chi connectivity index (χ2v) is 8.10. The lowest BCUT2D eigenvalue weighted by molar-refractivity contribution is 0.228. The van der Waals surface area contributed by atoms with Gasteiger partial charge in [-0.25, -0.2) is 0 Å². The summed E-state index contributed by atoms with van der Waals surface area (Å²) in [7, 11) is 0. The molecule has 1 unspecified atom stereocenters. The lowest BCUT2D eigenvalue weighted by Crippen LogP contribution is -2.10. The molecule has 29 heavy (non-hydrogen) atoms. The van der Waals surface area contributed by atoms with Crippen LogP contribution in [-0.2, 0) is 5.41 Å². The van der Waals surface area contributed by atoms with Crippen LogP contribution in [0.4, 0.5) is 0 Å². The molecule has 0 spiro atoms. The van der Waals surface area contributed by atoms with Crippen LogP contribution in [0.15, 0.2) is 114 Å². The first-order valence-electron chi connectivity index (χ1n) is 10.6. The first-order valence-corrected chi connectivity index (χ1v) is 10.6. The van der Waals surface area contributed by atoms with E-state index in [-0.39, 0.29) is 5.41 Å². The van der Waals surface area contributed by atoms with Gasteiger partial charge in [0.05, 0.1) is 11.5 Å². The zero-order valence-electron chi connectivity index (χ0n) is 16.6. The Labute approximate surface area is 173 Å². The van der Waals surface area contributed by atoms with Crippen LogP contribution in [0.2, 0.25) is 0 Å². The second kappa shape index (κ2) is 7.50. The highest BCUT2D eigenvalue weighted by atomic mass is 16.3. The normalized spacial score (nSPS) is 20.1. The molecule has 1 nitrogen and oxygen atoms in total. The van der Waals surface area contributed by atoms with Crippen LogP contribution in [0.1, 0.15) is 48.5 Å². The quantitative estimate of drug-likeness (QED) is 0.548. The molecule has 0 amide bonds. The van der Waals surface area contributed by atoms with Crippen LogP contribution >= 0.6 is 0 Å². The van der Waals surface area contributed by atoms with Gasteiger partial charge in [-0.3, -0.25) is 0 Å². The molecule has 0 bridgehead atoms. The molecule has 0 radical (unpaired) electrons. The summed E-state index contributed by atoms with van der Waals surface area (Å²) < 4.78 is 0. The summed E-state index contributed by atoms with van der Waals surface area (Å²) in [5.74, 6) is 0. The molecule has 1 atom stereocenters. The molecule has 5 rings (SSSR count). The Kier molecular flexibility index (Phi) is 4.69. The van der Waals surface area contributed by atoms with Crippen molar-refractivity contribution < 1.29 is 5.11 Å². The topological polar surface area (TPSA) is 20.2 Å². The van der Waals surface area contributed by atoms with E-state index in [2.05, 4.69) is 66.7 Å². The molecule has 2 aliphatic carbocycles. The molecule has 0 saturated heterocycles.